The molecule has 1 aliphatic rings. The third-order valence-corrected chi connectivity index (χ3v) is 6.97. The summed E-state index contributed by atoms with van der Waals surface area (Å²) in [4.78, 5) is 55.7. The molecule has 1 saturated heterocycles. The number of carbonyl (C=O) groups excluding carboxylic acids is 4. The van der Waals surface area contributed by atoms with Crippen LogP contribution in [-0.2, 0) is 41.5 Å². The minimum atomic E-state index is -0.806. The number of aliphatic hydroxyl groups excluding tert-OH is 1. The van der Waals surface area contributed by atoms with Gasteiger partial charge in [0.2, 0.25) is 11.8 Å². The number of rotatable bonds is 14. The molecule has 0 saturated carbocycles. The first kappa shape index (κ1) is 30.4. The number of esters is 2. The number of aliphatic hydroxyl groups is 1. The summed E-state index contributed by atoms with van der Waals surface area (Å²) in [6.07, 6.45) is 1.52. The van der Waals surface area contributed by atoms with E-state index in [1.54, 1.807) is 13.8 Å². The van der Waals surface area contributed by atoms with Gasteiger partial charge in [0, 0.05) is 12.5 Å². The van der Waals surface area contributed by atoms with Gasteiger partial charge in [-0.05, 0) is 50.9 Å². The molecule has 0 radical (unpaired) electrons. The van der Waals surface area contributed by atoms with Crippen molar-refractivity contribution in [2.75, 3.05) is 45.4 Å². The number of nitrogens with zero attached hydrogens (tertiary/aromatic N) is 2. The molecule has 0 aliphatic carbocycles. The summed E-state index contributed by atoms with van der Waals surface area (Å²) >= 11 is 0. The van der Waals surface area contributed by atoms with Gasteiger partial charge in [0.1, 0.15) is 13.2 Å². The topological polar surface area (TPSA) is 113 Å². The number of amides is 2. The van der Waals surface area contributed by atoms with E-state index in [4.69, 9.17) is 14.6 Å². The smallest absolute Gasteiger partial charge is 0.309 e. The van der Waals surface area contributed by atoms with Crippen LogP contribution in [0.25, 0.3) is 0 Å². The van der Waals surface area contributed by atoms with Crippen LogP contribution < -0.4 is 4.90 Å². The molecular weight excluding hydrogens is 476 g/mol. The van der Waals surface area contributed by atoms with Crippen molar-refractivity contribution >= 4 is 29.4 Å². The summed E-state index contributed by atoms with van der Waals surface area (Å²) in [5.41, 5.74) is 2.48. The second kappa shape index (κ2) is 14.2. The SMILES string of the molecule is CCc1cccc(CC)c1N1C(=O)C(C)C(CC(CC(C)C(=O)OCCN(C)C)C(=O)OCCO)C1=O. The van der Waals surface area contributed by atoms with Gasteiger partial charge in [0.15, 0.2) is 0 Å². The highest BCUT2D eigenvalue weighted by molar-refractivity contribution is 6.22. The lowest BCUT2D eigenvalue weighted by Crippen LogP contribution is -2.34. The average molecular weight is 519 g/mol. The van der Waals surface area contributed by atoms with Crippen LogP contribution in [-0.4, -0.2) is 74.2 Å². The number of carbonyl (C=O) groups is 4. The highest BCUT2D eigenvalue weighted by Crippen LogP contribution is 2.39. The second-order valence-electron chi connectivity index (χ2n) is 9.97. The maximum atomic E-state index is 13.7. The van der Waals surface area contributed by atoms with Crippen LogP contribution >= 0.6 is 0 Å². The quantitative estimate of drug-likeness (QED) is 0.295. The fraction of sp³-hybridized carbons (Fsp3) is 0.643. The fourth-order valence-corrected chi connectivity index (χ4v) is 4.75. The van der Waals surface area contributed by atoms with Gasteiger partial charge < -0.3 is 19.5 Å². The van der Waals surface area contributed by atoms with E-state index in [1.165, 1.54) is 4.90 Å². The first-order valence-electron chi connectivity index (χ1n) is 13.1. The number of hydrogen-bond donors (Lipinski definition) is 1. The lowest BCUT2D eigenvalue weighted by atomic mass is 9.83. The number of likely N-dealkylation sites (N-methyl/N-ethyl adjacent to an activating group) is 1. The number of anilines is 1. The minimum Gasteiger partial charge on any atom is -0.464 e. The molecule has 1 N–H and O–H groups in total. The standard InChI is InChI=1S/C28H42N2O7/c1-7-20-10-9-11-21(8-2)24(20)30-25(32)19(4)23(26(30)33)17-22(28(35)37-15-13-31)16-18(3)27(34)36-14-12-29(5)6/h9-11,18-19,22-23,31H,7-8,12-17H2,1-6H3. The highest BCUT2D eigenvalue weighted by Gasteiger charge is 2.48. The molecule has 1 aliphatic heterocycles. The molecule has 1 fully saturated rings. The molecule has 1 aromatic carbocycles. The lowest BCUT2D eigenvalue weighted by molar-refractivity contribution is -0.154. The minimum absolute atomic E-state index is 0.0670. The molecule has 206 valence electrons. The number of ether oxygens (including phenoxy) is 2. The molecule has 1 heterocycles. The van der Waals surface area contributed by atoms with Crippen LogP contribution in [0.4, 0.5) is 5.69 Å². The molecule has 0 spiro atoms. The van der Waals surface area contributed by atoms with E-state index < -0.39 is 35.6 Å². The zero-order valence-corrected chi connectivity index (χ0v) is 23.0. The Hall–Kier alpha value is -2.78. The zero-order valence-electron chi connectivity index (χ0n) is 23.0. The van der Waals surface area contributed by atoms with Crippen molar-refractivity contribution in [3.05, 3.63) is 29.3 Å². The van der Waals surface area contributed by atoms with Crippen LogP contribution in [0, 0.1) is 23.7 Å². The Morgan fingerprint density at radius 2 is 1.62 bits per heavy atom. The van der Waals surface area contributed by atoms with Crippen LogP contribution in [0.2, 0.25) is 0 Å². The summed E-state index contributed by atoms with van der Waals surface area (Å²) in [7, 11) is 3.74. The highest BCUT2D eigenvalue weighted by atomic mass is 16.5. The van der Waals surface area contributed by atoms with Crippen molar-refractivity contribution in [3.8, 4) is 0 Å². The van der Waals surface area contributed by atoms with Crippen molar-refractivity contribution in [2.45, 2.75) is 53.4 Å². The molecule has 9 heteroatoms. The Morgan fingerprint density at radius 1 is 1.03 bits per heavy atom. The van der Waals surface area contributed by atoms with Crippen LogP contribution in [0.1, 0.15) is 51.7 Å². The number of benzene rings is 1. The Kier molecular flexibility index (Phi) is 11.7. The van der Waals surface area contributed by atoms with Crippen molar-refractivity contribution < 1.29 is 33.8 Å². The largest absolute Gasteiger partial charge is 0.464 e. The average Bonchev–Trinajstić information content (AvgIpc) is 3.08. The monoisotopic (exact) mass is 518 g/mol. The van der Waals surface area contributed by atoms with E-state index in [-0.39, 0.29) is 44.5 Å². The number of para-hydroxylation sites is 1. The van der Waals surface area contributed by atoms with E-state index in [0.717, 1.165) is 11.1 Å². The van der Waals surface area contributed by atoms with Gasteiger partial charge in [0.05, 0.1) is 30.0 Å². The van der Waals surface area contributed by atoms with Crippen molar-refractivity contribution in [2.24, 2.45) is 23.7 Å². The zero-order chi connectivity index (χ0) is 27.7. The van der Waals surface area contributed by atoms with Crippen molar-refractivity contribution in [3.63, 3.8) is 0 Å². The maximum Gasteiger partial charge on any atom is 0.309 e. The molecule has 2 amide bonds. The van der Waals surface area contributed by atoms with Gasteiger partial charge in [-0.15, -0.1) is 0 Å². The fourth-order valence-electron chi connectivity index (χ4n) is 4.75. The summed E-state index contributed by atoms with van der Waals surface area (Å²) < 4.78 is 10.5. The van der Waals surface area contributed by atoms with Crippen molar-refractivity contribution in [1.29, 1.82) is 0 Å². The first-order chi connectivity index (χ1) is 17.6. The molecule has 1 aromatic rings. The van der Waals surface area contributed by atoms with Crippen LogP contribution in [0.3, 0.4) is 0 Å². The van der Waals surface area contributed by atoms with Gasteiger partial charge in [-0.3, -0.25) is 19.2 Å². The Balaban J connectivity index is 2.28. The number of hydrogen-bond acceptors (Lipinski definition) is 8. The molecule has 0 aromatic heterocycles. The predicted octanol–water partition coefficient (Wildman–Crippen LogP) is 2.61. The Morgan fingerprint density at radius 3 is 2.16 bits per heavy atom. The lowest BCUT2D eigenvalue weighted by Gasteiger charge is -2.23. The Labute approximate surface area is 220 Å². The predicted molar refractivity (Wildman–Crippen MR) is 140 cm³/mol. The summed E-state index contributed by atoms with van der Waals surface area (Å²) in [5.74, 6) is -4.44. The second-order valence-corrected chi connectivity index (χ2v) is 9.97. The van der Waals surface area contributed by atoms with Crippen LogP contribution in [0.15, 0.2) is 18.2 Å². The molecule has 9 nitrogen and oxygen atoms in total. The first-order valence-corrected chi connectivity index (χ1v) is 13.1. The number of aryl methyl sites for hydroxylation is 2. The van der Waals surface area contributed by atoms with E-state index in [2.05, 4.69) is 0 Å². The Bertz CT molecular complexity index is 940. The van der Waals surface area contributed by atoms with E-state index in [9.17, 15) is 19.2 Å². The molecular formula is C28H42N2O7. The molecule has 2 rings (SSSR count). The molecule has 0 bridgehead atoms. The molecule has 4 unspecified atom stereocenters. The van der Waals surface area contributed by atoms with Gasteiger partial charge >= 0.3 is 11.9 Å². The summed E-state index contributed by atoms with van der Waals surface area (Å²) in [6.45, 7) is 7.64. The molecule has 37 heavy (non-hydrogen) atoms. The van der Waals surface area contributed by atoms with Gasteiger partial charge in [-0.2, -0.15) is 0 Å². The normalized spacial score (nSPS) is 19.3. The third kappa shape index (κ3) is 7.61. The van der Waals surface area contributed by atoms with Gasteiger partial charge in [-0.25, -0.2) is 4.90 Å². The number of imide groups is 1. The summed E-state index contributed by atoms with van der Waals surface area (Å²) in [6, 6.07) is 5.77. The van der Waals surface area contributed by atoms with E-state index in [1.807, 2.05) is 51.0 Å². The van der Waals surface area contributed by atoms with Crippen molar-refractivity contribution in [1.82, 2.24) is 4.90 Å². The third-order valence-electron chi connectivity index (χ3n) is 6.97. The van der Waals surface area contributed by atoms with Gasteiger partial charge in [-0.1, -0.05) is 45.9 Å². The summed E-state index contributed by atoms with van der Waals surface area (Å²) in [5, 5.41) is 9.11. The van der Waals surface area contributed by atoms with E-state index in [0.29, 0.717) is 25.1 Å². The van der Waals surface area contributed by atoms with E-state index >= 15 is 0 Å². The van der Waals surface area contributed by atoms with Gasteiger partial charge in [0.25, 0.3) is 0 Å². The maximum absolute atomic E-state index is 13.7. The molecule has 4 atom stereocenters. The van der Waals surface area contributed by atoms with Crippen LogP contribution in [0.5, 0.6) is 0 Å².